The summed E-state index contributed by atoms with van der Waals surface area (Å²) < 4.78 is 35.6. The summed E-state index contributed by atoms with van der Waals surface area (Å²) in [6.07, 6.45) is -1.30. The monoisotopic (exact) mass is 494 g/mol. The Kier molecular flexibility index (Phi) is 8.98. The molecule has 192 valence electrons. The van der Waals surface area contributed by atoms with Crippen LogP contribution in [0.15, 0.2) is 30.3 Å². The van der Waals surface area contributed by atoms with Gasteiger partial charge >= 0.3 is 5.97 Å². The van der Waals surface area contributed by atoms with Gasteiger partial charge in [0.05, 0.1) is 31.3 Å². The predicted molar refractivity (Wildman–Crippen MR) is 132 cm³/mol. The third-order valence-electron chi connectivity index (χ3n) is 7.43. The van der Waals surface area contributed by atoms with E-state index in [2.05, 4.69) is 40.8 Å². The lowest BCUT2D eigenvalue weighted by Crippen LogP contribution is -2.51. The molecule has 2 fully saturated rings. The van der Waals surface area contributed by atoms with Gasteiger partial charge in [-0.1, -0.05) is 58.0 Å². The van der Waals surface area contributed by atoms with Gasteiger partial charge in [0.2, 0.25) is 0 Å². The molecule has 1 aromatic carbocycles. The average Bonchev–Trinajstić information content (AvgIpc) is 3.50. The van der Waals surface area contributed by atoms with Gasteiger partial charge in [-0.3, -0.25) is 4.79 Å². The number of cyclic esters (lactones) is 1. The smallest absolute Gasteiger partial charge is 0.311 e. The van der Waals surface area contributed by atoms with E-state index < -0.39 is 14.4 Å². The van der Waals surface area contributed by atoms with Crippen LogP contribution in [0.4, 0.5) is 0 Å². The van der Waals surface area contributed by atoms with Crippen LogP contribution in [0.1, 0.15) is 40.2 Å². The molecule has 7 nitrogen and oxygen atoms in total. The molecule has 0 spiro atoms. The minimum atomic E-state index is -2.15. The van der Waals surface area contributed by atoms with Crippen LogP contribution >= 0.6 is 0 Å². The van der Waals surface area contributed by atoms with Gasteiger partial charge in [-0.05, 0) is 30.6 Å². The zero-order valence-corrected chi connectivity index (χ0v) is 22.9. The van der Waals surface area contributed by atoms with E-state index in [0.717, 1.165) is 5.56 Å². The van der Waals surface area contributed by atoms with E-state index >= 15 is 0 Å². The largest absolute Gasteiger partial charge is 0.457 e. The molecule has 2 heterocycles. The molecule has 0 aromatic heterocycles. The number of hydrogen-bond donors (Lipinski definition) is 0. The van der Waals surface area contributed by atoms with Crippen LogP contribution in [0.3, 0.4) is 0 Å². The fourth-order valence-corrected chi connectivity index (χ4v) is 5.54. The van der Waals surface area contributed by atoms with Crippen LogP contribution in [0.2, 0.25) is 18.1 Å². The van der Waals surface area contributed by atoms with Crippen molar-refractivity contribution in [1.29, 1.82) is 0 Å². The quantitative estimate of drug-likeness (QED) is 0.139. The summed E-state index contributed by atoms with van der Waals surface area (Å²) in [6.45, 7) is 16.1. The molecule has 2 aliphatic rings. The van der Waals surface area contributed by atoms with Crippen LogP contribution < -0.4 is 0 Å². The number of rotatable bonds is 12. The fraction of sp³-hybridized carbons (Fsp3) is 0.731. The maximum Gasteiger partial charge on any atom is 0.311 e. The van der Waals surface area contributed by atoms with Crippen molar-refractivity contribution in [2.75, 3.05) is 20.5 Å². The summed E-state index contributed by atoms with van der Waals surface area (Å²) in [6, 6.07) is 10.0. The Morgan fingerprint density at radius 1 is 1.12 bits per heavy atom. The first-order chi connectivity index (χ1) is 16.0. The molecule has 0 aliphatic carbocycles. The molecule has 34 heavy (non-hydrogen) atoms. The SMILES string of the molecule is COCOC[C@H]1O[C@@H]1[C@@H](C)[C@H](OCc1ccccc1)[C@@H]1OC(=O)[C@H](C)[C@H]1O[Si](C)(C)C(C)(C)C. The van der Waals surface area contributed by atoms with Crippen LogP contribution in [0.25, 0.3) is 0 Å². The second kappa shape index (κ2) is 11.2. The van der Waals surface area contributed by atoms with Crippen molar-refractivity contribution in [3.8, 4) is 0 Å². The number of methoxy groups -OCH3 is 1. The van der Waals surface area contributed by atoms with E-state index in [9.17, 15) is 4.79 Å². The molecule has 8 heteroatoms. The Morgan fingerprint density at radius 2 is 1.79 bits per heavy atom. The van der Waals surface area contributed by atoms with E-state index in [4.69, 9.17) is 28.1 Å². The predicted octanol–water partition coefficient (Wildman–Crippen LogP) is 4.55. The van der Waals surface area contributed by atoms with Crippen molar-refractivity contribution < 1.29 is 32.9 Å². The summed E-state index contributed by atoms with van der Waals surface area (Å²) in [5.74, 6) is -0.602. The molecule has 0 amide bonds. The fourth-order valence-electron chi connectivity index (χ4n) is 4.17. The minimum Gasteiger partial charge on any atom is -0.457 e. The molecule has 3 rings (SSSR count). The molecule has 0 radical (unpaired) electrons. The standard InChI is InChI=1S/C26H42O7Si/c1-17(21-20(31-21)15-29-16-28-6)22(30-14-19-12-10-9-11-13-19)24-23(18(2)25(27)32-24)33-34(7,8)26(3,4)5/h9-13,17-18,20-24H,14-16H2,1-8H3/t17-,18-,20-,21-,22+,23-,24+/m1/s1. The number of hydrogen-bond acceptors (Lipinski definition) is 7. The third-order valence-corrected chi connectivity index (χ3v) is 11.9. The Morgan fingerprint density at radius 3 is 2.41 bits per heavy atom. The van der Waals surface area contributed by atoms with Crippen LogP contribution in [-0.2, 0) is 39.5 Å². The molecular weight excluding hydrogens is 452 g/mol. The number of esters is 1. The first-order valence-electron chi connectivity index (χ1n) is 12.2. The first-order valence-corrected chi connectivity index (χ1v) is 15.1. The number of ether oxygens (including phenoxy) is 5. The van der Waals surface area contributed by atoms with Crippen molar-refractivity contribution in [2.24, 2.45) is 11.8 Å². The van der Waals surface area contributed by atoms with Crippen molar-refractivity contribution in [1.82, 2.24) is 0 Å². The Labute approximate surface area is 205 Å². The van der Waals surface area contributed by atoms with E-state index in [1.807, 2.05) is 37.3 Å². The van der Waals surface area contributed by atoms with Crippen LogP contribution in [-0.4, -0.2) is 65.3 Å². The molecule has 2 saturated heterocycles. The highest BCUT2D eigenvalue weighted by Gasteiger charge is 2.55. The minimum absolute atomic E-state index is 0.0122. The summed E-state index contributed by atoms with van der Waals surface area (Å²) in [4.78, 5) is 12.7. The summed E-state index contributed by atoms with van der Waals surface area (Å²) in [5, 5.41) is 0.0122. The Hall–Kier alpha value is -1.29. The lowest BCUT2D eigenvalue weighted by Gasteiger charge is -2.41. The Bertz CT molecular complexity index is 794. The topological polar surface area (TPSA) is 75.8 Å². The summed E-state index contributed by atoms with van der Waals surface area (Å²) in [5.41, 5.74) is 1.07. The zero-order chi connectivity index (χ0) is 25.1. The van der Waals surface area contributed by atoms with Gasteiger partial charge in [0.15, 0.2) is 14.4 Å². The van der Waals surface area contributed by atoms with Gasteiger partial charge in [0, 0.05) is 13.0 Å². The number of carbonyl (C=O) groups excluding carboxylic acids is 1. The number of epoxide rings is 1. The molecular formula is C26H42O7Si. The average molecular weight is 495 g/mol. The van der Waals surface area contributed by atoms with Crippen molar-refractivity contribution in [3.05, 3.63) is 35.9 Å². The highest BCUT2D eigenvalue weighted by molar-refractivity contribution is 6.74. The molecule has 7 atom stereocenters. The van der Waals surface area contributed by atoms with Crippen molar-refractivity contribution in [3.63, 3.8) is 0 Å². The molecule has 0 N–H and O–H groups in total. The van der Waals surface area contributed by atoms with Gasteiger partial charge in [0.25, 0.3) is 0 Å². The summed E-state index contributed by atoms with van der Waals surface area (Å²) >= 11 is 0. The van der Waals surface area contributed by atoms with Gasteiger partial charge < -0.3 is 28.1 Å². The van der Waals surface area contributed by atoms with Gasteiger partial charge in [0.1, 0.15) is 19.0 Å². The normalized spacial score (nSPS) is 29.1. The van der Waals surface area contributed by atoms with E-state index in [1.165, 1.54) is 0 Å². The molecule has 1 aromatic rings. The molecule has 0 saturated carbocycles. The van der Waals surface area contributed by atoms with Crippen molar-refractivity contribution >= 4 is 14.3 Å². The maximum absolute atomic E-state index is 12.7. The first kappa shape index (κ1) is 27.3. The van der Waals surface area contributed by atoms with E-state index in [1.54, 1.807) is 7.11 Å². The highest BCUT2D eigenvalue weighted by Crippen LogP contribution is 2.43. The lowest BCUT2D eigenvalue weighted by atomic mass is 9.90. The second-order valence-corrected chi connectivity index (χ2v) is 15.8. The summed E-state index contributed by atoms with van der Waals surface area (Å²) in [7, 11) is -0.554. The number of carbonyl (C=O) groups is 1. The van der Waals surface area contributed by atoms with E-state index in [-0.39, 0.29) is 54.1 Å². The Balaban J connectivity index is 1.80. The van der Waals surface area contributed by atoms with Crippen LogP contribution in [0.5, 0.6) is 0 Å². The highest BCUT2D eigenvalue weighted by atomic mass is 28.4. The zero-order valence-electron chi connectivity index (χ0n) is 21.9. The molecule has 0 bridgehead atoms. The van der Waals surface area contributed by atoms with Gasteiger partial charge in [-0.15, -0.1) is 0 Å². The van der Waals surface area contributed by atoms with Crippen LogP contribution in [0, 0.1) is 11.8 Å². The van der Waals surface area contributed by atoms with Gasteiger partial charge in [-0.25, -0.2) is 0 Å². The van der Waals surface area contributed by atoms with Gasteiger partial charge in [-0.2, -0.15) is 0 Å². The third kappa shape index (κ3) is 6.47. The molecule has 2 aliphatic heterocycles. The second-order valence-electron chi connectivity index (χ2n) is 11.1. The lowest BCUT2D eigenvalue weighted by molar-refractivity contribution is -0.154. The van der Waals surface area contributed by atoms with Crippen molar-refractivity contribution in [2.45, 2.75) is 89.9 Å². The van der Waals surface area contributed by atoms with E-state index in [0.29, 0.717) is 13.2 Å². The maximum atomic E-state index is 12.7. The number of benzene rings is 1. The molecule has 0 unspecified atom stereocenters.